The lowest BCUT2D eigenvalue weighted by Crippen LogP contribution is -1.98. The van der Waals surface area contributed by atoms with Gasteiger partial charge in [0.1, 0.15) is 11.6 Å². The Kier molecular flexibility index (Phi) is 3.31. The number of hydrogen-bond acceptors (Lipinski definition) is 3. The van der Waals surface area contributed by atoms with Gasteiger partial charge in [-0.15, -0.1) is 0 Å². The first-order valence-corrected chi connectivity index (χ1v) is 6.41. The third-order valence-electron chi connectivity index (χ3n) is 3.27. The standard InChI is InChI=1S/C16H14FN3O/c1-21-16-7-6-13(8-14(16)18)20-10-19-9-15(20)11-2-4-12(17)5-3-11/h2-10H,18H2,1H3. The zero-order valence-corrected chi connectivity index (χ0v) is 11.5. The minimum atomic E-state index is -0.265. The van der Waals surface area contributed by atoms with E-state index in [1.165, 1.54) is 12.1 Å². The summed E-state index contributed by atoms with van der Waals surface area (Å²) in [5, 5.41) is 0. The zero-order chi connectivity index (χ0) is 14.8. The van der Waals surface area contributed by atoms with Crippen LogP contribution >= 0.6 is 0 Å². The highest BCUT2D eigenvalue weighted by atomic mass is 19.1. The van der Waals surface area contributed by atoms with Gasteiger partial charge in [-0.25, -0.2) is 9.37 Å². The molecule has 0 aliphatic carbocycles. The predicted molar refractivity (Wildman–Crippen MR) is 79.9 cm³/mol. The number of aromatic nitrogens is 2. The molecule has 0 amide bonds. The molecule has 0 fully saturated rings. The van der Waals surface area contributed by atoms with Crippen molar-refractivity contribution in [1.29, 1.82) is 0 Å². The topological polar surface area (TPSA) is 53.1 Å². The Hall–Kier alpha value is -2.82. The number of methoxy groups -OCH3 is 1. The third-order valence-corrected chi connectivity index (χ3v) is 3.27. The van der Waals surface area contributed by atoms with E-state index < -0.39 is 0 Å². The fourth-order valence-electron chi connectivity index (χ4n) is 2.21. The average molecular weight is 283 g/mol. The summed E-state index contributed by atoms with van der Waals surface area (Å²) < 4.78 is 20.1. The minimum Gasteiger partial charge on any atom is -0.495 e. The van der Waals surface area contributed by atoms with Gasteiger partial charge >= 0.3 is 0 Å². The van der Waals surface area contributed by atoms with Gasteiger partial charge in [0.2, 0.25) is 0 Å². The Balaban J connectivity index is 2.06. The van der Waals surface area contributed by atoms with Crippen LogP contribution < -0.4 is 10.5 Å². The van der Waals surface area contributed by atoms with E-state index >= 15 is 0 Å². The number of anilines is 1. The van der Waals surface area contributed by atoms with Crippen molar-refractivity contribution in [3.05, 3.63) is 60.8 Å². The lowest BCUT2D eigenvalue weighted by molar-refractivity contribution is 0.417. The number of nitrogens with two attached hydrogens (primary N) is 1. The fourth-order valence-corrected chi connectivity index (χ4v) is 2.21. The molecule has 2 aromatic carbocycles. The number of nitrogens with zero attached hydrogens (tertiary/aromatic N) is 2. The molecule has 0 atom stereocenters. The normalized spacial score (nSPS) is 10.6. The van der Waals surface area contributed by atoms with E-state index in [0.29, 0.717) is 11.4 Å². The van der Waals surface area contributed by atoms with Crippen molar-refractivity contribution in [2.24, 2.45) is 0 Å². The Morgan fingerprint density at radius 2 is 1.90 bits per heavy atom. The number of benzene rings is 2. The quantitative estimate of drug-likeness (QED) is 0.751. The predicted octanol–water partition coefficient (Wildman–Crippen LogP) is 3.27. The van der Waals surface area contributed by atoms with Crippen LogP contribution in [-0.4, -0.2) is 16.7 Å². The molecule has 0 aliphatic heterocycles. The van der Waals surface area contributed by atoms with Crippen LogP contribution in [0.15, 0.2) is 55.0 Å². The molecule has 0 bridgehead atoms. The average Bonchev–Trinajstić information content (AvgIpc) is 2.97. The molecule has 1 heterocycles. The fraction of sp³-hybridized carbons (Fsp3) is 0.0625. The number of rotatable bonds is 3. The second-order valence-corrected chi connectivity index (χ2v) is 4.58. The zero-order valence-electron chi connectivity index (χ0n) is 11.5. The van der Waals surface area contributed by atoms with Crippen LogP contribution in [0.1, 0.15) is 0 Å². The summed E-state index contributed by atoms with van der Waals surface area (Å²) in [6, 6.07) is 11.8. The number of hydrogen-bond donors (Lipinski definition) is 1. The lowest BCUT2D eigenvalue weighted by atomic mass is 10.1. The summed E-state index contributed by atoms with van der Waals surface area (Å²) in [5.41, 5.74) is 9.09. The highest BCUT2D eigenvalue weighted by Crippen LogP contribution is 2.27. The van der Waals surface area contributed by atoms with Gasteiger partial charge in [-0.2, -0.15) is 0 Å². The van der Waals surface area contributed by atoms with Gasteiger partial charge in [-0.1, -0.05) is 0 Å². The van der Waals surface area contributed by atoms with Crippen molar-refractivity contribution in [1.82, 2.24) is 9.55 Å². The van der Waals surface area contributed by atoms with E-state index in [1.54, 1.807) is 37.8 Å². The summed E-state index contributed by atoms with van der Waals surface area (Å²) in [6.45, 7) is 0. The van der Waals surface area contributed by atoms with Crippen LogP contribution in [0.25, 0.3) is 16.9 Å². The van der Waals surface area contributed by atoms with Gasteiger partial charge in [0.25, 0.3) is 0 Å². The Morgan fingerprint density at radius 1 is 1.14 bits per heavy atom. The lowest BCUT2D eigenvalue weighted by Gasteiger charge is -2.11. The third kappa shape index (κ3) is 2.45. The molecular weight excluding hydrogens is 269 g/mol. The van der Waals surface area contributed by atoms with Crippen molar-refractivity contribution in [3.63, 3.8) is 0 Å². The van der Waals surface area contributed by atoms with E-state index in [2.05, 4.69) is 4.98 Å². The number of nitrogen functional groups attached to an aromatic ring is 1. The Labute approximate surface area is 121 Å². The molecule has 0 radical (unpaired) electrons. The molecule has 5 heteroatoms. The van der Waals surface area contributed by atoms with Crippen molar-refractivity contribution < 1.29 is 9.13 Å². The summed E-state index contributed by atoms with van der Waals surface area (Å²) >= 11 is 0. The summed E-state index contributed by atoms with van der Waals surface area (Å²) in [4.78, 5) is 4.17. The van der Waals surface area contributed by atoms with Crippen LogP contribution in [-0.2, 0) is 0 Å². The second kappa shape index (κ2) is 5.28. The molecule has 0 spiro atoms. The monoisotopic (exact) mass is 283 g/mol. The first-order chi connectivity index (χ1) is 10.2. The van der Waals surface area contributed by atoms with E-state index in [0.717, 1.165) is 16.9 Å². The van der Waals surface area contributed by atoms with Crippen molar-refractivity contribution in [2.45, 2.75) is 0 Å². The smallest absolute Gasteiger partial charge is 0.141 e. The second-order valence-electron chi connectivity index (χ2n) is 4.58. The SMILES string of the molecule is COc1ccc(-n2cncc2-c2ccc(F)cc2)cc1N. The van der Waals surface area contributed by atoms with Gasteiger partial charge < -0.3 is 10.5 Å². The van der Waals surface area contributed by atoms with Crippen molar-refractivity contribution in [3.8, 4) is 22.7 Å². The molecule has 1 aromatic heterocycles. The Morgan fingerprint density at radius 3 is 2.57 bits per heavy atom. The maximum Gasteiger partial charge on any atom is 0.141 e. The van der Waals surface area contributed by atoms with E-state index in [-0.39, 0.29) is 5.82 Å². The highest BCUT2D eigenvalue weighted by Gasteiger charge is 2.09. The molecular formula is C16H14FN3O. The molecule has 0 saturated heterocycles. The molecule has 4 nitrogen and oxygen atoms in total. The number of halogens is 1. The van der Waals surface area contributed by atoms with Crippen LogP contribution in [0, 0.1) is 5.82 Å². The highest BCUT2D eigenvalue weighted by molar-refractivity contribution is 5.64. The van der Waals surface area contributed by atoms with Crippen LogP contribution in [0.3, 0.4) is 0 Å². The molecule has 106 valence electrons. The summed E-state index contributed by atoms with van der Waals surface area (Å²) in [5.74, 6) is 0.362. The molecule has 21 heavy (non-hydrogen) atoms. The summed E-state index contributed by atoms with van der Waals surface area (Å²) in [6.07, 6.45) is 3.42. The molecule has 0 unspecified atom stereocenters. The number of ether oxygens (including phenoxy) is 1. The van der Waals surface area contributed by atoms with Gasteiger partial charge in [-0.3, -0.25) is 4.57 Å². The van der Waals surface area contributed by atoms with Crippen LogP contribution in [0.2, 0.25) is 0 Å². The van der Waals surface area contributed by atoms with Gasteiger partial charge in [0, 0.05) is 11.3 Å². The molecule has 3 rings (SSSR count). The van der Waals surface area contributed by atoms with E-state index in [4.69, 9.17) is 10.5 Å². The molecule has 0 saturated carbocycles. The first kappa shape index (κ1) is 13.2. The molecule has 0 aliphatic rings. The summed E-state index contributed by atoms with van der Waals surface area (Å²) in [7, 11) is 1.58. The van der Waals surface area contributed by atoms with E-state index in [1.807, 2.05) is 16.7 Å². The van der Waals surface area contributed by atoms with Crippen LogP contribution in [0.5, 0.6) is 5.75 Å². The van der Waals surface area contributed by atoms with Crippen molar-refractivity contribution in [2.75, 3.05) is 12.8 Å². The maximum absolute atomic E-state index is 13.0. The van der Waals surface area contributed by atoms with Gasteiger partial charge in [0.15, 0.2) is 0 Å². The first-order valence-electron chi connectivity index (χ1n) is 6.41. The molecule has 2 N–H and O–H groups in total. The largest absolute Gasteiger partial charge is 0.495 e. The van der Waals surface area contributed by atoms with Crippen molar-refractivity contribution >= 4 is 5.69 Å². The van der Waals surface area contributed by atoms with E-state index in [9.17, 15) is 4.39 Å². The minimum absolute atomic E-state index is 0.265. The Bertz CT molecular complexity index is 765. The molecule has 3 aromatic rings. The number of imidazole rings is 1. The maximum atomic E-state index is 13.0. The van der Waals surface area contributed by atoms with Crippen LogP contribution in [0.4, 0.5) is 10.1 Å². The van der Waals surface area contributed by atoms with Gasteiger partial charge in [-0.05, 0) is 42.5 Å². The van der Waals surface area contributed by atoms with Gasteiger partial charge in [0.05, 0.1) is 31.0 Å².